The molecule has 2 nitrogen and oxygen atoms in total. The number of benzene rings is 2. The Morgan fingerprint density at radius 2 is 1.74 bits per heavy atom. The van der Waals surface area contributed by atoms with Crippen LogP contribution in [-0.4, -0.2) is 5.78 Å². The number of hydrogen-bond donors (Lipinski definition) is 0. The molecule has 0 atom stereocenters. The summed E-state index contributed by atoms with van der Waals surface area (Å²) >= 11 is 0. The molecule has 0 aliphatic carbocycles. The van der Waals surface area contributed by atoms with Crippen molar-refractivity contribution in [1.82, 2.24) is 0 Å². The van der Waals surface area contributed by atoms with Crippen LogP contribution in [0.15, 0.2) is 61.2 Å². The van der Waals surface area contributed by atoms with E-state index in [0.29, 0.717) is 5.56 Å². The molecule has 23 heavy (non-hydrogen) atoms. The summed E-state index contributed by atoms with van der Waals surface area (Å²) in [6.07, 6.45) is -0.454. The van der Waals surface area contributed by atoms with Gasteiger partial charge in [0.25, 0.3) is 0 Å². The van der Waals surface area contributed by atoms with Gasteiger partial charge in [0.1, 0.15) is 5.75 Å². The van der Waals surface area contributed by atoms with Gasteiger partial charge in [-0.05, 0) is 54.5 Å². The first-order valence-electron chi connectivity index (χ1n) is 7.39. The van der Waals surface area contributed by atoms with Crippen molar-refractivity contribution in [3.8, 4) is 5.75 Å². The Balaban J connectivity index is 2.13. The maximum absolute atomic E-state index is 14.2. The van der Waals surface area contributed by atoms with Crippen molar-refractivity contribution in [2.45, 2.75) is 25.9 Å². The first kappa shape index (κ1) is 16.9. The molecule has 0 aliphatic rings. The number of allylic oxidation sites excluding steroid dienone is 1. The summed E-state index contributed by atoms with van der Waals surface area (Å²) in [5.41, 5.74) is 1.18. The molecule has 0 fully saturated rings. The molecule has 0 unspecified atom stereocenters. The summed E-state index contributed by atoms with van der Waals surface area (Å²) in [5, 5.41) is 0. The number of rotatable bonds is 7. The number of carbonyl (C=O) groups excluding carboxylic acids is 1. The van der Waals surface area contributed by atoms with Gasteiger partial charge in [-0.3, -0.25) is 4.79 Å². The molecular formula is C19H18F2O2. The number of aryl methyl sites for hydroxylation is 1. The molecule has 0 radical (unpaired) electrons. The van der Waals surface area contributed by atoms with Crippen LogP contribution in [0.5, 0.6) is 5.75 Å². The molecule has 0 saturated carbocycles. The van der Waals surface area contributed by atoms with E-state index < -0.39 is 6.11 Å². The average molecular weight is 316 g/mol. The summed E-state index contributed by atoms with van der Waals surface area (Å²) < 4.78 is 33.1. The zero-order chi connectivity index (χ0) is 16.9. The van der Waals surface area contributed by atoms with E-state index >= 15 is 0 Å². The van der Waals surface area contributed by atoms with E-state index in [2.05, 4.69) is 6.58 Å². The third-order valence-corrected chi connectivity index (χ3v) is 3.40. The van der Waals surface area contributed by atoms with Crippen molar-refractivity contribution < 1.29 is 18.3 Å². The fraction of sp³-hybridized carbons (Fsp3) is 0.211. The van der Waals surface area contributed by atoms with Crippen LogP contribution in [0.1, 0.15) is 34.8 Å². The van der Waals surface area contributed by atoms with Gasteiger partial charge in [-0.2, -0.15) is 8.78 Å². The lowest BCUT2D eigenvalue weighted by atomic mass is 10.1. The molecule has 2 aromatic rings. The van der Waals surface area contributed by atoms with Gasteiger partial charge in [-0.25, -0.2) is 0 Å². The van der Waals surface area contributed by atoms with Crippen LogP contribution in [0, 0.1) is 0 Å². The molecule has 0 amide bonds. The van der Waals surface area contributed by atoms with Crippen molar-refractivity contribution in [1.29, 1.82) is 0 Å². The van der Waals surface area contributed by atoms with Gasteiger partial charge in [0.2, 0.25) is 0 Å². The second kappa shape index (κ2) is 7.18. The lowest BCUT2D eigenvalue weighted by Crippen LogP contribution is -2.21. The van der Waals surface area contributed by atoms with Gasteiger partial charge >= 0.3 is 6.11 Å². The molecule has 2 rings (SSSR count). The fourth-order valence-corrected chi connectivity index (χ4v) is 2.17. The Labute approximate surface area is 134 Å². The van der Waals surface area contributed by atoms with Crippen molar-refractivity contribution >= 4 is 5.78 Å². The number of ketones is 1. The molecule has 0 bridgehead atoms. The Kier molecular flexibility index (Phi) is 5.27. The van der Waals surface area contributed by atoms with Gasteiger partial charge in [0, 0.05) is 5.56 Å². The largest absolute Gasteiger partial charge is 0.429 e. The minimum Gasteiger partial charge on any atom is -0.429 e. The Bertz CT molecular complexity index is 674. The lowest BCUT2D eigenvalue weighted by molar-refractivity contribution is -0.185. The van der Waals surface area contributed by atoms with Crippen molar-refractivity contribution in [2.24, 2.45) is 0 Å². The first-order valence-corrected chi connectivity index (χ1v) is 7.39. The second-order valence-corrected chi connectivity index (χ2v) is 5.16. The summed E-state index contributed by atoms with van der Waals surface area (Å²) in [7, 11) is 0. The predicted octanol–water partition coefficient (Wildman–Crippen LogP) is 5.14. The van der Waals surface area contributed by atoms with E-state index in [1.165, 1.54) is 42.5 Å². The van der Waals surface area contributed by atoms with Gasteiger partial charge < -0.3 is 4.74 Å². The number of alkyl halides is 2. The minimum absolute atomic E-state index is 0.00625. The van der Waals surface area contributed by atoms with Crippen LogP contribution < -0.4 is 4.74 Å². The molecule has 0 saturated heterocycles. The van der Waals surface area contributed by atoms with E-state index in [-0.39, 0.29) is 17.1 Å². The molecule has 0 N–H and O–H groups in total. The van der Waals surface area contributed by atoms with Crippen LogP contribution in [-0.2, 0) is 12.5 Å². The Morgan fingerprint density at radius 1 is 1.13 bits per heavy atom. The second-order valence-electron chi connectivity index (χ2n) is 5.16. The zero-order valence-electron chi connectivity index (χ0n) is 12.9. The van der Waals surface area contributed by atoms with Crippen LogP contribution in [0.4, 0.5) is 8.78 Å². The Hall–Kier alpha value is -2.49. The highest BCUT2D eigenvalue weighted by molar-refractivity contribution is 6.04. The van der Waals surface area contributed by atoms with Crippen LogP contribution >= 0.6 is 0 Å². The minimum atomic E-state index is -3.44. The quantitative estimate of drug-likeness (QED) is 0.522. The zero-order valence-corrected chi connectivity index (χ0v) is 12.9. The molecule has 0 aromatic heterocycles. The summed E-state index contributed by atoms with van der Waals surface area (Å²) in [4.78, 5) is 11.4. The third kappa shape index (κ3) is 4.25. The monoisotopic (exact) mass is 316 g/mol. The van der Waals surface area contributed by atoms with Crippen LogP contribution in [0.25, 0.3) is 0 Å². The summed E-state index contributed by atoms with van der Waals surface area (Å²) in [5.74, 6) is -0.275. The van der Waals surface area contributed by atoms with E-state index in [1.807, 2.05) is 6.92 Å². The van der Waals surface area contributed by atoms with E-state index in [9.17, 15) is 13.6 Å². The maximum atomic E-state index is 14.2. The number of hydrogen-bond acceptors (Lipinski definition) is 2. The number of ether oxygens (including phenoxy) is 1. The highest BCUT2D eigenvalue weighted by atomic mass is 19.3. The van der Waals surface area contributed by atoms with E-state index in [0.717, 1.165) is 18.4 Å². The molecule has 2 aromatic carbocycles. The fourth-order valence-electron chi connectivity index (χ4n) is 2.17. The molecule has 0 spiro atoms. The molecule has 4 heteroatoms. The average Bonchev–Trinajstić information content (AvgIpc) is 2.55. The van der Waals surface area contributed by atoms with Gasteiger partial charge in [-0.15, -0.1) is 0 Å². The van der Waals surface area contributed by atoms with Crippen LogP contribution in [0.2, 0.25) is 0 Å². The lowest BCUT2D eigenvalue weighted by Gasteiger charge is -2.18. The standard InChI is InChI=1S/C19H18F2O2/c1-3-5-14-6-10-16(11-7-14)19(20,21)23-17-12-8-15(9-13-17)18(22)4-2/h4,6-13H,2-3,5H2,1H3. The van der Waals surface area contributed by atoms with Crippen molar-refractivity contribution in [2.75, 3.05) is 0 Å². The first-order chi connectivity index (χ1) is 11.0. The third-order valence-electron chi connectivity index (χ3n) is 3.40. The van der Waals surface area contributed by atoms with E-state index in [4.69, 9.17) is 4.74 Å². The summed E-state index contributed by atoms with van der Waals surface area (Å²) in [6, 6.07) is 11.7. The van der Waals surface area contributed by atoms with Gasteiger partial charge in [0.15, 0.2) is 5.78 Å². The molecule has 120 valence electrons. The van der Waals surface area contributed by atoms with Gasteiger partial charge in [-0.1, -0.05) is 32.1 Å². The normalized spacial score (nSPS) is 11.1. The maximum Gasteiger partial charge on any atom is 0.426 e. The van der Waals surface area contributed by atoms with Crippen LogP contribution in [0.3, 0.4) is 0 Å². The SMILES string of the molecule is C=CC(=O)c1ccc(OC(F)(F)c2ccc(CCC)cc2)cc1. The highest BCUT2D eigenvalue weighted by Gasteiger charge is 2.34. The highest BCUT2D eigenvalue weighted by Crippen LogP contribution is 2.31. The Morgan fingerprint density at radius 3 is 2.26 bits per heavy atom. The van der Waals surface area contributed by atoms with Crippen molar-refractivity contribution in [3.05, 3.63) is 77.9 Å². The van der Waals surface area contributed by atoms with Crippen molar-refractivity contribution in [3.63, 3.8) is 0 Å². The summed E-state index contributed by atoms with van der Waals surface area (Å²) in [6.45, 7) is 5.41. The molecule has 0 heterocycles. The molecule has 0 aliphatic heterocycles. The number of carbonyl (C=O) groups is 1. The topological polar surface area (TPSA) is 26.3 Å². The van der Waals surface area contributed by atoms with E-state index in [1.54, 1.807) is 12.1 Å². The van der Waals surface area contributed by atoms with Gasteiger partial charge in [0.05, 0.1) is 5.56 Å². The molecular weight excluding hydrogens is 298 g/mol. The number of halogens is 2. The smallest absolute Gasteiger partial charge is 0.426 e. The predicted molar refractivity (Wildman–Crippen MR) is 85.9 cm³/mol.